The number of methoxy groups -OCH3 is 1. The third-order valence-electron chi connectivity index (χ3n) is 4.99. The average Bonchev–Trinajstić information content (AvgIpc) is 2.83. The van der Waals surface area contributed by atoms with E-state index in [0.29, 0.717) is 36.0 Å². The van der Waals surface area contributed by atoms with Gasteiger partial charge in [0.1, 0.15) is 0 Å². The Morgan fingerprint density at radius 3 is 2.61 bits per heavy atom. The summed E-state index contributed by atoms with van der Waals surface area (Å²) in [5.41, 5.74) is 2.68. The zero-order valence-corrected chi connectivity index (χ0v) is 18.1. The van der Waals surface area contributed by atoms with Gasteiger partial charge in [0.05, 0.1) is 37.8 Å². The van der Waals surface area contributed by atoms with Gasteiger partial charge in [0.2, 0.25) is 0 Å². The van der Waals surface area contributed by atoms with Crippen LogP contribution in [-0.4, -0.2) is 35.4 Å². The molecule has 7 nitrogen and oxygen atoms in total. The maximum Gasteiger partial charge on any atom is 0.162 e. The van der Waals surface area contributed by atoms with E-state index in [4.69, 9.17) is 25.4 Å². The van der Waals surface area contributed by atoms with Gasteiger partial charge < -0.3 is 14.6 Å². The summed E-state index contributed by atoms with van der Waals surface area (Å²) in [6.45, 7) is 2.64. The lowest BCUT2D eigenvalue weighted by atomic mass is 10.0. The molecular formula is C24H30N4O3. The van der Waals surface area contributed by atoms with E-state index in [9.17, 15) is 0 Å². The van der Waals surface area contributed by atoms with Gasteiger partial charge in [0, 0.05) is 18.6 Å². The highest BCUT2D eigenvalue weighted by atomic mass is 16.5. The number of nitrogens with zero attached hydrogens (tertiary/aromatic N) is 3. The lowest BCUT2D eigenvalue weighted by molar-refractivity contribution is 0.228. The monoisotopic (exact) mass is 422 g/mol. The summed E-state index contributed by atoms with van der Waals surface area (Å²) >= 11 is 0. The fourth-order valence-electron chi connectivity index (χ4n) is 3.39. The third-order valence-corrected chi connectivity index (χ3v) is 4.99. The summed E-state index contributed by atoms with van der Waals surface area (Å²) in [6.07, 6.45) is 5.84. The third kappa shape index (κ3) is 5.71. The van der Waals surface area contributed by atoms with Crippen LogP contribution in [0.1, 0.15) is 37.8 Å². The molecule has 3 rings (SSSR count). The van der Waals surface area contributed by atoms with Crippen molar-refractivity contribution >= 4 is 5.82 Å². The molecule has 1 atom stereocenters. The van der Waals surface area contributed by atoms with Gasteiger partial charge in [-0.25, -0.2) is 10.8 Å². The standard InChI is InChI=1S/C24H30N4O3/c1-3-8-21(18-9-5-4-6-10-18)28(25)24-17-26-16-20(27-24)19-11-12-22(23(15-19)30-2)31-14-7-13-29/h4-6,9-12,15-17,21,29H,3,7-8,13-14,25H2,1-2H3. The first-order chi connectivity index (χ1) is 15.2. The van der Waals surface area contributed by atoms with Crippen LogP contribution in [-0.2, 0) is 0 Å². The second-order valence-corrected chi connectivity index (χ2v) is 7.18. The van der Waals surface area contributed by atoms with Crippen LogP contribution in [0.2, 0.25) is 0 Å². The van der Waals surface area contributed by atoms with Gasteiger partial charge >= 0.3 is 0 Å². The number of aliphatic hydroxyl groups excluding tert-OH is 1. The number of hydrazine groups is 1. The molecule has 1 heterocycles. The van der Waals surface area contributed by atoms with Crippen LogP contribution in [0.15, 0.2) is 60.9 Å². The van der Waals surface area contributed by atoms with Crippen LogP contribution in [0.3, 0.4) is 0 Å². The second kappa shape index (κ2) is 11.3. The predicted octanol–water partition coefficient (Wildman–Crippen LogP) is 4.13. The molecule has 0 bridgehead atoms. The van der Waals surface area contributed by atoms with Crippen LogP contribution in [0.5, 0.6) is 11.5 Å². The Hall–Kier alpha value is -3.16. The molecular weight excluding hydrogens is 392 g/mol. The van der Waals surface area contributed by atoms with Gasteiger partial charge in [0.15, 0.2) is 17.3 Å². The van der Waals surface area contributed by atoms with Crippen LogP contribution >= 0.6 is 0 Å². The number of hydrogen-bond acceptors (Lipinski definition) is 7. The van der Waals surface area contributed by atoms with Crippen molar-refractivity contribution in [3.63, 3.8) is 0 Å². The number of rotatable bonds is 11. The van der Waals surface area contributed by atoms with E-state index in [1.165, 1.54) is 0 Å². The minimum Gasteiger partial charge on any atom is -0.493 e. The molecule has 0 saturated carbocycles. The second-order valence-electron chi connectivity index (χ2n) is 7.18. The molecule has 3 aromatic rings. The fraction of sp³-hybridized carbons (Fsp3) is 0.333. The highest BCUT2D eigenvalue weighted by molar-refractivity contribution is 5.64. The number of aliphatic hydroxyl groups is 1. The van der Waals surface area contributed by atoms with Crippen LogP contribution in [0.25, 0.3) is 11.3 Å². The molecule has 1 unspecified atom stereocenters. The van der Waals surface area contributed by atoms with E-state index in [1.807, 2.05) is 36.4 Å². The van der Waals surface area contributed by atoms with Gasteiger partial charge in [-0.2, -0.15) is 0 Å². The maximum atomic E-state index is 8.94. The normalized spacial score (nSPS) is 11.7. The molecule has 0 fully saturated rings. The molecule has 0 aliphatic heterocycles. The molecule has 164 valence electrons. The number of nitrogens with two attached hydrogens (primary N) is 1. The van der Waals surface area contributed by atoms with Crippen LogP contribution in [0, 0.1) is 0 Å². The molecule has 0 spiro atoms. The van der Waals surface area contributed by atoms with Crippen molar-refractivity contribution in [3.05, 3.63) is 66.5 Å². The van der Waals surface area contributed by atoms with Gasteiger partial charge in [-0.05, 0) is 30.2 Å². The molecule has 0 aliphatic carbocycles. The molecule has 3 N–H and O–H groups in total. The van der Waals surface area contributed by atoms with Gasteiger partial charge in [-0.3, -0.25) is 9.99 Å². The number of aromatic nitrogens is 2. The first kappa shape index (κ1) is 22.5. The SMILES string of the molecule is CCCC(c1ccccc1)N(N)c1cncc(-c2ccc(OCCCO)c(OC)c2)n1. The van der Waals surface area contributed by atoms with E-state index in [1.54, 1.807) is 24.5 Å². The van der Waals surface area contributed by atoms with Crippen molar-refractivity contribution in [3.8, 4) is 22.8 Å². The van der Waals surface area contributed by atoms with Crippen molar-refractivity contribution in [1.29, 1.82) is 0 Å². The van der Waals surface area contributed by atoms with Crippen LogP contribution < -0.4 is 20.3 Å². The lowest BCUT2D eigenvalue weighted by Gasteiger charge is -2.28. The Morgan fingerprint density at radius 1 is 1.10 bits per heavy atom. The van der Waals surface area contributed by atoms with Gasteiger partial charge in [-0.15, -0.1) is 0 Å². The van der Waals surface area contributed by atoms with Crippen molar-refractivity contribution in [2.75, 3.05) is 25.3 Å². The Labute approximate surface area is 183 Å². The molecule has 0 saturated heterocycles. The summed E-state index contributed by atoms with van der Waals surface area (Å²) in [5.74, 6) is 8.34. The molecule has 31 heavy (non-hydrogen) atoms. The van der Waals surface area contributed by atoms with Crippen LogP contribution in [0.4, 0.5) is 5.82 Å². The number of anilines is 1. The Balaban J connectivity index is 1.86. The highest BCUT2D eigenvalue weighted by Gasteiger charge is 2.19. The molecule has 1 aromatic heterocycles. The van der Waals surface area contributed by atoms with E-state index < -0.39 is 0 Å². The average molecular weight is 423 g/mol. The van der Waals surface area contributed by atoms with Gasteiger partial charge in [0.25, 0.3) is 0 Å². The first-order valence-electron chi connectivity index (χ1n) is 10.5. The summed E-state index contributed by atoms with van der Waals surface area (Å²) in [6, 6.07) is 15.8. The molecule has 0 aliphatic rings. The van der Waals surface area contributed by atoms with Crippen molar-refractivity contribution in [2.45, 2.75) is 32.2 Å². The number of ether oxygens (including phenoxy) is 2. The molecule has 7 heteroatoms. The minimum absolute atomic E-state index is 0.00702. The zero-order chi connectivity index (χ0) is 22.1. The molecule has 2 aromatic carbocycles. The van der Waals surface area contributed by atoms with Crippen molar-refractivity contribution < 1.29 is 14.6 Å². The summed E-state index contributed by atoms with van der Waals surface area (Å²) in [4.78, 5) is 9.13. The minimum atomic E-state index is 0.00702. The zero-order valence-electron chi connectivity index (χ0n) is 18.1. The lowest BCUT2D eigenvalue weighted by Crippen LogP contribution is -2.36. The van der Waals surface area contributed by atoms with Gasteiger partial charge in [-0.1, -0.05) is 43.7 Å². The highest BCUT2D eigenvalue weighted by Crippen LogP contribution is 2.33. The Morgan fingerprint density at radius 2 is 1.90 bits per heavy atom. The van der Waals surface area contributed by atoms with E-state index >= 15 is 0 Å². The first-order valence-corrected chi connectivity index (χ1v) is 10.5. The Kier molecular flexibility index (Phi) is 8.20. The summed E-state index contributed by atoms with van der Waals surface area (Å²) in [7, 11) is 1.59. The number of hydrogen-bond donors (Lipinski definition) is 2. The predicted molar refractivity (Wildman–Crippen MR) is 122 cm³/mol. The molecule has 0 radical (unpaired) electrons. The van der Waals surface area contributed by atoms with E-state index in [-0.39, 0.29) is 12.6 Å². The topological polar surface area (TPSA) is 93.7 Å². The smallest absolute Gasteiger partial charge is 0.162 e. The quantitative estimate of drug-likeness (QED) is 0.272. The largest absolute Gasteiger partial charge is 0.493 e. The maximum absolute atomic E-state index is 8.94. The van der Waals surface area contributed by atoms with E-state index in [0.717, 1.165) is 24.0 Å². The summed E-state index contributed by atoms with van der Waals surface area (Å²) < 4.78 is 11.2. The Bertz CT molecular complexity index is 953. The summed E-state index contributed by atoms with van der Waals surface area (Å²) in [5, 5.41) is 10.6. The van der Waals surface area contributed by atoms with E-state index in [2.05, 4.69) is 24.0 Å². The fourth-order valence-corrected chi connectivity index (χ4v) is 3.39. The van der Waals surface area contributed by atoms with Crippen molar-refractivity contribution in [1.82, 2.24) is 9.97 Å². The molecule has 0 amide bonds. The number of benzene rings is 2. The van der Waals surface area contributed by atoms with Crippen molar-refractivity contribution in [2.24, 2.45) is 5.84 Å².